The lowest BCUT2D eigenvalue weighted by Gasteiger charge is -2.20. The SMILES string of the molecule is Cc1cc(C)c(N2C(=O)c3cccc(-n4c5c(-c6ccccn6)cccc5c5cccc(-c6ccccn6)c54)c3C2=O)c(C)c1. The van der Waals surface area contributed by atoms with Gasteiger partial charge in [-0.15, -0.1) is 0 Å². The van der Waals surface area contributed by atoms with Gasteiger partial charge >= 0.3 is 0 Å². The Hall–Kier alpha value is -5.88. The quantitative estimate of drug-likeness (QED) is 0.194. The molecule has 0 fully saturated rings. The molecule has 0 spiro atoms. The summed E-state index contributed by atoms with van der Waals surface area (Å²) < 4.78 is 2.14. The number of aryl methyl sites for hydroxylation is 3. The molecule has 1 aliphatic heterocycles. The number of para-hydroxylation sites is 2. The van der Waals surface area contributed by atoms with E-state index < -0.39 is 0 Å². The highest BCUT2D eigenvalue weighted by atomic mass is 16.2. The molecule has 0 bridgehead atoms. The van der Waals surface area contributed by atoms with Crippen LogP contribution < -0.4 is 4.90 Å². The molecule has 4 heterocycles. The van der Waals surface area contributed by atoms with Gasteiger partial charge in [-0.1, -0.05) is 72.3 Å². The molecule has 45 heavy (non-hydrogen) atoms. The standard InChI is InChI=1S/C39H28N4O2/c1-23-21-24(2)35(25(3)22-23)43-38(44)30-15-10-18-33(34(30)39(43)45)42-36-26(11-8-13-28(36)31-16-4-6-19-40-31)27-12-9-14-29(37(27)42)32-17-5-7-20-41-32/h4-22H,1-3H3. The third-order valence-corrected chi connectivity index (χ3v) is 8.68. The van der Waals surface area contributed by atoms with Crippen molar-refractivity contribution in [3.63, 3.8) is 0 Å². The van der Waals surface area contributed by atoms with Crippen molar-refractivity contribution in [1.82, 2.24) is 14.5 Å². The first-order chi connectivity index (χ1) is 21.9. The lowest BCUT2D eigenvalue weighted by atomic mass is 10.0. The van der Waals surface area contributed by atoms with E-state index in [2.05, 4.69) is 28.8 Å². The summed E-state index contributed by atoms with van der Waals surface area (Å²) in [6.45, 7) is 5.92. The van der Waals surface area contributed by atoms with Gasteiger partial charge in [-0.05, 0) is 68.3 Å². The van der Waals surface area contributed by atoms with Gasteiger partial charge in [-0.2, -0.15) is 0 Å². The number of rotatable bonds is 4. The summed E-state index contributed by atoms with van der Waals surface area (Å²) in [6, 6.07) is 33.7. The molecule has 7 aromatic rings. The highest BCUT2D eigenvalue weighted by Crippen LogP contribution is 2.44. The Morgan fingerprint density at radius 1 is 0.556 bits per heavy atom. The van der Waals surface area contributed by atoms with Gasteiger partial charge in [0, 0.05) is 34.3 Å². The average Bonchev–Trinajstić information content (AvgIpc) is 3.53. The van der Waals surface area contributed by atoms with Gasteiger partial charge in [0.1, 0.15) is 0 Å². The second-order valence-electron chi connectivity index (χ2n) is 11.6. The van der Waals surface area contributed by atoms with E-state index in [1.807, 2.05) is 93.6 Å². The fourth-order valence-electron chi connectivity index (χ4n) is 7.00. The summed E-state index contributed by atoms with van der Waals surface area (Å²) in [5.74, 6) is -0.649. The zero-order chi connectivity index (χ0) is 30.8. The molecule has 0 unspecified atom stereocenters. The van der Waals surface area contributed by atoms with Crippen molar-refractivity contribution >= 4 is 39.3 Å². The van der Waals surface area contributed by atoms with Crippen molar-refractivity contribution in [2.45, 2.75) is 20.8 Å². The lowest BCUT2D eigenvalue weighted by Crippen LogP contribution is -2.31. The second kappa shape index (κ2) is 10.1. The predicted molar refractivity (Wildman–Crippen MR) is 179 cm³/mol. The van der Waals surface area contributed by atoms with Gasteiger partial charge in [0.05, 0.1) is 44.9 Å². The summed E-state index contributed by atoms with van der Waals surface area (Å²) in [6.07, 6.45) is 3.57. The number of aromatic nitrogens is 3. The summed E-state index contributed by atoms with van der Waals surface area (Å²) >= 11 is 0. The molecule has 0 radical (unpaired) electrons. The van der Waals surface area contributed by atoms with Crippen LogP contribution in [0.4, 0.5) is 5.69 Å². The van der Waals surface area contributed by atoms with E-state index in [4.69, 9.17) is 9.97 Å². The van der Waals surface area contributed by atoms with E-state index in [0.29, 0.717) is 22.5 Å². The number of carbonyl (C=O) groups excluding carboxylic acids is 2. The first-order valence-corrected chi connectivity index (χ1v) is 14.9. The molecule has 0 atom stereocenters. The number of hydrogen-bond donors (Lipinski definition) is 0. The molecule has 3 aromatic heterocycles. The molecule has 0 aliphatic carbocycles. The van der Waals surface area contributed by atoms with Crippen molar-refractivity contribution in [2.75, 3.05) is 4.90 Å². The van der Waals surface area contributed by atoms with E-state index in [1.54, 1.807) is 18.5 Å². The van der Waals surface area contributed by atoms with Crippen molar-refractivity contribution in [1.29, 1.82) is 0 Å². The second-order valence-corrected chi connectivity index (χ2v) is 11.6. The summed E-state index contributed by atoms with van der Waals surface area (Å²) in [5.41, 5.74) is 10.2. The minimum Gasteiger partial charge on any atom is -0.307 e. The molecular weight excluding hydrogens is 556 g/mol. The maximum atomic E-state index is 14.6. The summed E-state index contributed by atoms with van der Waals surface area (Å²) in [7, 11) is 0. The Bertz CT molecular complexity index is 2220. The number of anilines is 1. The van der Waals surface area contributed by atoms with E-state index in [1.165, 1.54) is 4.90 Å². The molecular formula is C39H28N4O2. The van der Waals surface area contributed by atoms with Crippen LogP contribution in [-0.4, -0.2) is 26.3 Å². The average molecular weight is 585 g/mol. The molecule has 2 amide bonds. The van der Waals surface area contributed by atoms with Crippen LogP contribution in [-0.2, 0) is 0 Å². The molecule has 1 aliphatic rings. The van der Waals surface area contributed by atoms with Crippen molar-refractivity contribution in [3.8, 4) is 28.2 Å². The van der Waals surface area contributed by atoms with Crippen LogP contribution >= 0.6 is 0 Å². The molecule has 0 saturated heterocycles. The third-order valence-electron chi connectivity index (χ3n) is 8.68. The Morgan fingerprint density at radius 3 is 1.62 bits per heavy atom. The fraction of sp³-hybridized carbons (Fsp3) is 0.0769. The number of fused-ring (bicyclic) bond motifs is 4. The number of pyridine rings is 2. The summed E-state index contributed by atoms with van der Waals surface area (Å²) in [4.78, 5) is 39.4. The van der Waals surface area contributed by atoms with Crippen molar-refractivity contribution < 1.29 is 9.59 Å². The van der Waals surface area contributed by atoms with Crippen LogP contribution in [0, 0.1) is 20.8 Å². The maximum Gasteiger partial charge on any atom is 0.268 e. The van der Waals surface area contributed by atoms with Gasteiger partial charge < -0.3 is 4.57 Å². The van der Waals surface area contributed by atoms with Gasteiger partial charge in [0.2, 0.25) is 0 Å². The molecule has 216 valence electrons. The largest absolute Gasteiger partial charge is 0.307 e. The normalized spacial score (nSPS) is 12.8. The molecule has 4 aromatic carbocycles. The zero-order valence-electron chi connectivity index (χ0n) is 25.1. The van der Waals surface area contributed by atoms with E-state index in [-0.39, 0.29) is 11.8 Å². The van der Waals surface area contributed by atoms with Crippen LogP contribution in [0.25, 0.3) is 50.0 Å². The topological polar surface area (TPSA) is 68.1 Å². The Morgan fingerprint density at radius 2 is 1.09 bits per heavy atom. The Kier molecular flexibility index (Phi) is 6.00. The first-order valence-electron chi connectivity index (χ1n) is 14.9. The third kappa shape index (κ3) is 3.96. The Balaban J connectivity index is 1.49. The molecule has 6 nitrogen and oxygen atoms in total. The number of nitrogens with zero attached hydrogens (tertiary/aromatic N) is 4. The van der Waals surface area contributed by atoms with Crippen LogP contribution in [0.2, 0.25) is 0 Å². The summed E-state index contributed by atoms with van der Waals surface area (Å²) in [5, 5.41) is 2.03. The van der Waals surface area contributed by atoms with Gasteiger partial charge in [-0.25, -0.2) is 4.90 Å². The minimum atomic E-state index is -0.332. The highest BCUT2D eigenvalue weighted by Gasteiger charge is 2.40. The number of carbonyl (C=O) groups is 2. The van der Waals surface area contributed by atoms with Crippen LogP contribution in [0.5, 0.6) is 0 Å². The molecule has 0 saturated carbocycles. The highest BCUT2D eigenvalue weighted by molar-refractivity contribution is 6.36. The van der Waals surface area contributed by atoms with Gasteiger partial charge in [-0.3, -0.25) is 19.6 Å². The van der Waals surface area contributed by atoms with Crippen molar-refractivity contribution in [3.05, 3.63) is 143 Å². The fourth-order valence-corrected chi connectivity index (χ4v) is 7.00. The maximum absolute atomic E-state index is 14.6. The van der Waals surface area contributed by atoms with E-state index in [0.717, 1.165) is 61.0 Å². The zero-order valence-corrected chi connectivity index (χ0v) is 25.1. The van der Waals surface area contributed by atoms with Crippen LogP contribution in [0.15, 0.2) is 116 Å². The smallest absolute Gasteiger partial charge is 0.268 e. The van der Waals surface area contributed by atoms with Gasteiger partial charge in [0.25, 0.3) is 11.8 Å². The first kappa shape index (κ1) is 26.7. The van der Waals surface area contributed by atoms with E-state index >= 15 is 0 Å². The van der Waals surface area contributed by atoms with Crippen LogP contribution in [0.3, 0.4) is 0 Å². The minimum absolute atomic E-state index is 0.317. The molecule has 6 heteroatoms. The molecule has 8 rings (SSSR count). The molecule has 0 N–H and O–H groups in total. The monoisotopic (exact) mass is 584 g/mol. The number of hydrogen-bond acceptors (Lipinski definition) is 4. The van der Waals surface area contributed by atoms with E-state index in [9.17, 15) is 9.59 Å². The Labute approximate surface area is 260 Å². The lowest BCUT2D eigenvalue weighted by molar-refractivity contribution is 0.0925. The number of amides is 2. The van der Waals surface area contributed by atoms with Crippen molar-refractivity contribution in [2.24, 2.45) is 0 Å². The predicted octanol–water partition coefficient (Wildman–Crippen LogP) is 8.63. The van der Waals surface area contributed by atoms with Gasteiger partial charge in [0.15, 0.2) is 0 Å². The number of benzene rings is 4. The number of imide groups is 1. The van der Waals surface area contributed by atoms with Crippen LogP contribution in [0.1, 0.15) is 37.4 Å².